The van der Waals surface area contributed by atoms with E-state index in [4.69, 9.17) is 4.74 Å². The number of esters is 1. The van der Waals surface area contributed by atoms with Crippen LogP contribution in [0.2, 0.25) is 0 Å². The fourth-order valence-electron chi connectivity index (χ4n) is 1.81. The van der Waals surface area contributed by atoms with Gasteiger partial charge in [0.1, 0.15) is 11.3 Å². The normalized spacial score (nSPS) is 11.4. The van der Waals surface area contributed by atoms with Gasteiger partial charge in [-0.15, -0.1) is 0 Å². The van der Waals surface area contributed by atoms with E-state index in [-0.39, 0.29) is 5.78 Å². The minimum Gasteiger partial charge on any atom is -0.455 e. The first-order chi connectivity index (χ1) is 7.63. The Balaban J connectivity index is 3.13. The number of hydrogen-bond donors (Lipinski definition) is 1. The molecular formula is C13H19NO3. The number of rotatable bonds is 2. The molecule has 4 nitrogen and oxygen atoms in total. The third-order valence-corrected chi connectivity index (χ3v) is 2.39. The van der Waals surface area contributed by atoms with Crippen molar-refractivity contribution >= 4 is 11.8 Å². The largest absolute Gasteiger partial charge is 0.455 e. The number of aryl methyl sites for hydroxylation is 1. The number of aromatic amines is 1. The maximum absolute atomic E-state index is 11.9. The van der Waals surface area contributed by atoms with E-state index >= 15 is 0 Å². The lowest BCUT2D eigenvalue weighted by Crippen LogP contribution is -2.24. The van der Waals surface area contributed by atoms with Crippen LogP contribution in [0.3, 0.4) is 0 Å². The molecule has 1 N–H and O–H groups in total. The Hall–Kier alpha value is -1.58. The van der Waals surface area contributed by atoms with Crippen molar-refractivity contribution in [3.8, 4) is 0 Å². The van der Waals surface area contributed by atoms with Crippen LogP contribution in [0.15, 0.2) is 0 Å². The second-order valence-electron chi connectivity index (χ2n) is 5.18. The van der Waals surface area contributed by atoms with Gasteiger partial charge in [0.2, 0.25) is 0 Å². The maximum Gasteiger partial charge on any atom is 0.355 e. The number of carbonyl (C=O) groups excluding carboxylic acids is 2. The average Bonchev–Trinajstić information content (AvgIpc) is 2.38. The molecule has 0 aliphatic heterocycles. The van der Waals surface area contributed by atoms with E-state index in [9.17, 15) is 9.59 Å². The molecular weight excluding hydrogens is 218 g/mol. The highest BCUT2D eigenvalue weighted by molar-refractivity contribution is 6.01. The van der Waals surface area contributed by atoms with Crippen molar-refractivity contribution in [1.29, 1.82) is 0 Å². The molecule has 0 aliphatic carbocycles. The van der Waals surface area contributed by atoms with Gasteiger partial charge in [-0.1, -0.05) is 0 Å². The molecule has 0 fully saturated rings. The predicted octanol–water partition coefficient (Wildman–Crippen LogP) is 2.79. The fourth-order valence-corrected chi connectivity index (χ4v) is 1.81. The lowest BCUT2D eigenvalue weighted by molar-refractivity contribution is 0.00626. The number of ketones is 1. The van der Waals surface area contributed by atoms with Crippen LogP contribution in [0.4, 0.5) is 0 Å². The van der Waals surface area contributed by atoms with Crippen LogP contribution < -0.4 is 0 Å². The summed E-state index contributed by atoms with van der Waals surface area (Å²) in [5.41, 5.74) is 1.76. The van der Waals surface area contributed by atoms with Crippen molar-refractivity contribution in [2.75, 3.05) is 0 Å². The van der Waals surface area contributed by atoms with E-state index in [2.05, 4.69) is 4.98 Å². The van der Waals surface area contributed by atoms with Gasteiger partial charge in [-0.25, -0.2) is 4.79 Å². The smallest absolute Gasteiger partial charge is 0.355 e. The van der Waals surface area contributed by atoms with Gasteiger partial charge in [0.05, 0.1) is 0 Å². The molecule has 1 aromatic rings. The van der Waals surface area contributed by atoms with Gasteiger partial charge >= 0.3 is 5.97 Å². The summed E-state index contributed by atoms with van der Waals surface area (Å²) in [4.78, 5) is 26.3. The van der Waals surface area contributed by atoms with Crippen LogP contribution >= 0.6 is 0 Å². The summed E-state index contributed by atoms with van der Waals surface area (Å²) in [5.74, 6) is -0.475. The topological polar surface area (TPSA) is 59.2 Å². The van der Waals surface area contributed by atoms with Crippen molar-refractivity contribution in [3.63, 3.8) is 0 Å². The molecule has 0 unspecified atom stereocenters. The third-order valence-electron chi connectivity index (χ3n) is 2.39. The van der Waals surface area contributed by atoms with Gasteiger partial charge in [0.25, 0.3) is 0 Å². The van der Waals surface area contributed by atoms with E-state index in [0.717, 1.165) is 0 Å². The number of H-pyrrole nitrogens is 1. The fraction of sp³-hybridized carbons (Fsp3) is 0.538. The molecule has 0 saturated heterocycles. The number of hydrogen-bond acceptors (Lipinski definition) is 3. The molecule has 17 heavy (non-hydrogen) atoms. The highest BCUT2D eigenvalue weighted by atomic mass is 16.6. The Morgan fingerprint density at radius 3 is 2.06 bits per heavy atom. The van der Waals surface area contributed by atoms with Gasteiger partial charge in [0.15, 0.2) is 5.78 Å². The average molecular weight is 237 g/mol. The van der Waals surface area contributed by atoms with Crippen molar-refractivity contribution in [1.82, 2.24) is 4.98 Å². The van der Waals surface area contributed by atoms with Gasteiger partial charge in [-0.2, -0.15) is 0 Å². The summed E-state index contributed by atoms with van der Waals surface area (Å²) in [6, 6.07) is 0. The predicted molar refractivity (Wildman–Crippen MR) is 65.4 cm³/mol. The zero-order valence-electron chi connectivity index (χ0n) is 11.2. The molecule has 1 aromatic heterocycles. The molecule has 1 rings (SSSR count). The van der Waals surface area contributed by atoms with Gasteiger partial charge in [-0.3, -0.25) is 4.79 Å². The highest BCUT2D eigenvalue weighted by Crippen LogP contribution is 2.21. The Morgan fingerprint density at radius 1 is 1.18 bits per heavy atom. The van der Waals surface area contributed by atoms with Crippen LogP contribution in [-0.4, -0.2) is 22.3 Å². The molecule has 1 heterocycles. The maximum atomic E-state index is 11.9. The molecule has 0 spiro atoms. The number of nitrogens with one attached hydrogen (secondary N) is 1. The van der Waals surface area contributed by atoms with E-state index in [1.54, 1.807) is 13.8 Å². The van der Waals surface area contributed by atoms with Crippen molar-refractivity contribution in [3.05, 3.63) is 22.5 Å². The van der Waals surface area contributed by atoms with Crippen molar-refractivity contribution in [2.45, 2.75) is 47.1 Å². The van der Waals surface area contributed by atoms with Crippen molar-refractivity contribution in [2.24, 2.45) is 0 Å². The minimum atomic E-state index is -0.543. The molecule has 0 aromatic carbocycles. The summed E-state index contributed by atoms with van der Waals surface area (Å²) < 4.78 is 5.27. The Labute approximate surface area is 101 Å². The summed E-state index contributed by atoms with van der Waals surface area (Å²) >= 11 is 0. The molecule has 0 aliphatic rings. The van der Waals surface area contributed by atoms with Crippen LogP contribution in [0.1, 0.15) is 59.8 Å². The first-order valence-electron chi connectivity index (χ1n) is 5.57. The van der Waals surface area contributed by atoms with Crippen LogP contribution in [0.5, 0.6) is 0 Å². The van der Waals surface area contributed by atoms with Gasteiger partial charge in [0, 0.05) is 11.3 Å². The monoisotopic (exact) mass is 237 g/mol. The second-order valence-corrected chi connectivity index (χ2v) is 5.18. The van der Waals surface area contributed by atoms with Crippen LogP contribution in [-0.2, 0) is 4.74 Å². The summed E-state index contributed by atoms with van der Waals surface area (Å²) in [6.45, 7) is 10.4. The number of Topliss-reactive ketones (excluding diaryl/α,β-unsaturated/α-hetero) is 1. The molecule has 0 amide bonds. The Morgan fingerprint density at radius 2 is 1.71 bits per heavy atom. The van der Waals surface area contributed by atoms with E-state index in [0.29, 0.717) is 22.5 Å². The number of aromatic nitrogens is 1. The molecule has 0 radical (unpaired) electrons. The van der Waals surface area contributed by atoms with Crippen molar-refractivity contribution < 1.29 is 14.3 Å². The van der Waals surface area contributed by atoms with E-state index in [1.165, 1.54) is 6.92 Å². The highest BCUT2D eigenvalue weighted by Gasteiger charge is 2.24. The lowest BCUT2D eigenvalue weighted by Gasteiger charge is -2.19. The standard InChI is InChI=1S/C13H19NO3/c1-7-10(9(3)15)8(2)14-11(7)12(16)17-13(4,5)6/h14H,1-6H3. The first-order valence-corrected chi connectivity index (χ1v) is 5.57. The Bertz CT molecular complexity index is 464. The number of ether oxygens (including phenoxy) is 1. The SMILES string of the molecule is CC(=O)c1c(C)[nH]c(C(=O)OC(C)(C)C)c1C. The zero-order chi connectivity index (χ0) is 13.4. The molecule has 4 heteroatoms. The molecule has 0 bridgehead atoms. The van der Waals surface area contributed by atoms with Crippen LogP contribution in [0.25, 0.3) is 0 Å². The van der Waals surface area contributed by atoms with Gasteiger partial charge < -0.3 is 9.72 Å². The summed E-state index contributed by atoms with van der Waals surface area (Å²) in [7, 11) is 0. The van der Waals surface area contributed by atoms with Gasteiger partial charge in [-0.05, 0) is 47.1 Å². The minimum absolute atomic E-state index is 0.0499. The van der Waals surface area contributed by atoms with E-state index in [1.807, 2.05) is 20.8 Å². The van der Waals surface area contributed by atoms with Crippen LogP contribution in [0, 0.1) is 13.8 Å². The summed E-state index contributed by atoms with van der Waals surface area (Å²) in [5, 5.41) is 0. The zero-order valence-corrected chi connectivity index (χ0v) is 11.2. The number of carbonyl (C=O) groups is 2. The molecule has 94 valence electrons. The quantitative estimate of drug-likeness (QED) is 0.635. The summed E-state index contributed by atoms with van der Waals surface area (Å²) in [6.07, 6.45) is 0. The van der Waals surface area contributed by atoms with E-state index < -0.39 is 11.6 Å². The second kappa shape index (κ2) is 4.35. The Kier molecular flexibility index (Phi) is 3.45. The molecule has 0 atom stereocenters. The first kappa shape index (κ1) is 13.5. The molecule has 0 saturated carbocycles. The lowest BCUT2D eigenvalue weighted by atomic mass is 10.1. The third kappa shape index (κ3) is 2.96.